The predicted molar refractivity (Wildman–Crippen MR) is 76.7 cm³/mol. The average Bonchev–Trinajstić information content (AvgIpc) is 2.42. The van der Waals surface area contributed by atoms with Gasteiger partial charge in [-0.2, -0.15) is 0 Å². The van der Waals surface area contributed by atoms with Crippen LogP contribution in [0, 0.1) is 0 Å². The zero-order chi connectivity index (χ0) is 13.7. The van der Waals surface area contributed by atoms with E-state index in [-0.39, 0.29) is 5.97 Å². The van der Waals surface area contributed by atoms with Gasteiger partial charge in [0.05, 0.1) is 12.2 Å². The van der Waals surface area contributed by atoms with E-state index in [9.17, 15) is 4.79 Å². The zero-order valence-corrected chi connectivity index (χ0v) is 11.5. The van der Waals surface area contributed by atoms with Crippen LogP contribution < -0.4 is 0 Å². The highest BCUT2D eigenvalue weighted by Gasteiger charge is 2.12. The Balaban J connectivity index is 2.30. The second kappa shape index (κ2) is 6.39. The van der Waals surface area contributed by atoms with Gasteiger partial charge in [0.15, 0.2) is 0 Å². The molecule has 19 heavy (non-hydrogen) atoms. The van der Waals surface area contributed by atoms with E-state index in [0.717, 1.165) is 11.1 Å². The molecule has 0 aliphatic rings. The number of halogens is 1. The molecule has 0 bridgehead atoms. The Morgan fingerprint density at radius 2 is 1.68 bits per heavy atom. The van der Waals surface area contributed by atoms with Crippen LogP contribution in [0.15, 0.2) is 48.5 Å². The Hall–Kier alpha value is -1.80. The van der Waals surface area contributed by atoms with Gasteiger partial charge in [0.2, 0.25) is 0 Å². The molecule has 0 atom stereocenters. The first-order valence-corrected chi connectivity index (χ1v) is 6.58. The van der Waals surface area contributed by atoms with Crippen molar-refractivity contribution in [3.8, 4) is 0 Å². The van der Waals surface area contributed by atoms with Crippen molar-refractivity contribution in [1.29, 1.82) is 0 Å². The minimum Gasteiger partial charge on any atom is -0.462 e. The van der Waals surface area contributed by atoms with Gasteiger partial charge in [0.25, 0.3) is 0 Å². The molecular formula is C16H15ClO2. The lowest BCUT2D eigenvalue weighted by Gasteiger charge is -2.09. The Bertz CT molecular complexity index is 578. The minimum atomic E-state index is -0.287. The normalized spacial score (nSPS) is 10.2. The van der Waals surface area contributed by atoms with Crippen LogP contribution in [0.4, 0.5) is 0 Å². The van der Waals surface area contributed by atoms with Gasteiger partial charge in [-0.05, 0) is 36.6 Å². The number of esters is 1. The molecule has 0 radical (unpaired) electrons. The number of carbonyl (C=O) groups is 1. The quantitative estimate of drug-likeness (QED) is 0.785. The number of rotatable bonds is 4. The molecule has 0 saturated heterocycles. The van der Waals surface area contributed by atoms with Crippen LogP contribution in [0.1, 0.15) is 28.4 Å². The van der Waals surface area contributed by atoms with Gasteiger partial charge in [-0.3, -0.25) is 0 Å². The van der Waals surface area contributed by atoms with Gasteiger partial charge < -0.3 is 4.74 Å². The first-order valence-electron chi connectivity index (χ1n) is 6.20. The zero-order valence-electron chi connectivity index (χ0n) is 10.7. The summed E-state index contributed by atoms with van der Waals surface area (Å²) in [5.74, 6) is -0.287. The number of hydrogen-bond donors (Lipinski definition) is 0. The molecule has 2 rings (SSSR count). The maximum atomic E-state index is 11.9. The van der Waals surface area contributed by atoms with Crippen molar-refractivity contribution < 1.29 is 9.53 Å². The molecule has 0 spiro atoms. The first kappa shape index (κ1) is 13.6. The Labute approximate surface area is 118 Å². The van der Waals surface area contributed by atoms with Gasteiger partial charge in [0.1, 0.15) is 0 Å². The van der Waals surface area contributed by atoms with Crippen LogP contribution >= 0.6 is 11.6 Å². The summed E-state index contributed by atoms with van der Waals surface area (Å²) in [6.45, 7) is 2.17. The Morgan fingerprint density at radius 1 is 1.05 bits per heavy atom. The van der Waals surface area contributed by atoms with Crippen LogP contribution in [0.2, 0.25) is 5.02 Å². The Kier molecular flexibility index (Phi) is 4.58. The molecule has 0 saturated carbocycles. The van der Waals surface area contributed by atoms with E-state index in [1.165, 1.54) is 0 Å². The number of hydrogen-bond acceptors (Lipinski definition) is 2. The van der Waals surface area contributed by atoms with Crippen molar-refractivity contribution in [3.05, 3.63) is 70.2 Å². The lowest BCUT2D eigenvalue weighted by molar-refractivity contribution is 0.0525. The van der Waals surface area contributed by atoms with Gasteiger partial charge >= 0.3 is 5.97 Å². The summed E-state index contributed by atoms with van der Waals surface area (Å²) < 4.78 is 5.06. The SMILES string of the molecule is CCOC(=O)c1ccccc1Cc1ccccc1Cl. The van der Waals surface area contributed by atoms with E-state index in [2.05, 4.69) is 0 Å². The van der Waals surface area contributed by atoms with Crippen molar-refractivity contribution in [2.45, 2.75) is 13.3 Å². The fourth-order valence-electron chi connectivity index (χ4n) is 1.93. The molecule has 2 aromatic carbocycles. The van der Waals surface area contributed by atoms with Crippen LogP contribution in [0.25, 0.3) is 0 Å². The molecule has 3 heteroatoms. The standard InChI is InChI=1S/C16H15ClO2/c1-2-19-16(18)14-9-5-3-7-12(14)11-13-8-4-6-10-15(13)17/h3-10H,2,11H2,1H3. The highest BCUT2D eigenvalue weighted by molar-refractivity contribution is 6.31. The van der Waals surface area contributed by atoms with E-state index in [1.54, 1.807) is 13.0 Å². The van der Waals surface area contributed by atoms with Crippen LogP contribution in [0.3, 0.4) is 0 Å². The molecule has 0 aliphatic carbocycles. The van der Waals surface area contributed by atoms with Gasteiger partial charge in [-0.15, -0.1) is 0 Å². The summed E-state index contributed by atoms with van der Waals surface area (Å²) in [5, 5.41) is 0.709. The Morgan fingerprint density at radius 3 is 2.37 bits per heavy atom. The van der Waals surface area contributed by atoms with Crippen molar-refractivity contribution in [3.63, 3.8) is 0 Å². The molecular weight excluding hydrogens is 260 g/mol. The predicted octanol–water partition coefficient (Wildman–Crippen LogP) is 4.11. The second-order valence-electron chi connectivity index (χ2n) is 4.15. The summed E-state index contributed by atoms with van der Waals surface area (Å²) in [7, 11) is 0. The number of benzene rings is 2. The lowest BCUT2D eigenvalue weighted by Crippen LogP contribution is -2.08. The van der Waals surface area contributed by atoms with E-state index in [0.29, 0.717) is 23.6 Å². The van der Waals surface area contributed by atoms with Crippen LogP contribution in [-0.2, 0) is 11.2 Å². The van der Waals surface area contributed by atoms with Crippen LogP contribution in [-0.4, -0.2) is 12.6 Å². The molecule has 0 N–H and O–H groups in total. The molecule has 0 heterocycles. The fraction of sp³-hybridized carbons (Fsp3) is 0.188. The summed E-state index contributed by atoms with van der Waals surface area (Å²) >= 11 is 6.15. The van der Waals surface area contributed by atoms with E-state index < -0.39 is 0 Å². The summed E-state index contributed by atoms with van der Waals surface area (Å²) in [5.41, 5.74) is 2.53. The molecule has 2 nitrogen and oxygen atoms in total. The maximum absolute atomic E-state index is 11.9. The highest BCUT2D eigenvalue weighted by atomic mass is 35.5. The van der Waals surface area contributed by atoms with Crippen molar-refractivity contribution in [2.24, 2.45) is 0 Å². The smallest absolute Gasteiger partial charge is 0.338 e. The van der Waals surface area contributed by atoms with E-state index in [4.69, 9.17) is 16.3 Å². The van der Waals surface area contributed by atoms with Gasteiger partial charge in [-0.25, -0.2) is 4.79 Å². The monoisotopic (exact) mass is 274 g/mol. The second-order valence-corrected chi connectivity index (χ2v) is 4.55. The topological polar surface area (TPSA) is 26.3 Å². The van der Waals surface area contributed by atoms with Gasteiger partial charge in [0, 0.05) is 5.02 Å². The molecule has 0 aliphatic heterocycles. The third-order valence-electron chi connectivity index (χ3n) is 2.85. The van der Waals surface area contributed by atoms with Crippen molar-refractivity contribution in [1.82, 2.24) is 0 Å². The molecule has 0 aromatic heterocycles. The molecule has 98 valence electrons. The third-order valence-corrected chi connectivity index (χ3v) is 3.22. The van der Waals surface area contributed by atoms with Gasteiger partial charge in [-0.1, -0.05) is 48.0 Å². The van der Waals surface area contributed by atoms with Crippen molar-refractivity contribution >= 4 is 17.6 Å². The van der Waals surface area contributed by atoms with E-state index in [1.807, 2.05) is 42.5 Å². The molecule has 0 fully saturated rings. The molecule has 0 unspecified atom stereocenters. The largest absolute Gasteiger partial charge is 0.462 e. The lowest BCUT2D eigenvalue weighted by atomic mass is 10.00. The summed E-state index contributed by atoms with van der Waals surface area (Å²) in [6.07, 6.45) is 0.620. The fourth-order valence-corrected chi connectivity index (χ4v) is 2.13. The first-order chi connectivity index (χ1) is 9.22. The molecule has 0 amide bonds. The summed E-state index contributed by atoms with van der Waals surface area (Å²) in [6, 6.07) is 15.1. The van der Waals surface area contributed by atoms with Crippen molar-refractivity contribution in [2.75, 3.05) is 6.61 Å². The van der Waals surface area contributed by atoms with E-state index >= 15 is 0 Å². The molecule has 2 aromatic rings. The number of ether oxygens (including phenoxy) is 1. The third kappa shape index (κ3) is 3.36. The summed E-state index contributed by atoms with van der Waals surface area (Å²) in [4.78, 5) is 11.9. The minimum absolute atomic E-state index is 0.287. The average molecular weight is 275 g/mol. The van der Waals surface area contributed by atoms with Crippen LogP contribution in [0.5, 0.6) is 0 Å². The highest BCUT2D eigenvalue weighted by Crippen LogP contribution is 2.21. The number of carbonyl (C=O) groups excluding carboxylic acids is 1. The maximum Gasteiger partial charge on any atom is 0.338 e.